The summed E-state index contributed by atoms with van der Waals surface area (Å²) in [5, 5.41) is 8.67. The Labute approximate surface area is 92.9 Å². The number of anilines is 1. The number of hydrogen-bond donors (Lipinski definition) is 1. The summed E-state index contributed by atoms with van der Waals surface area (Å²) in [4.78, 5) is 20.4. The fourth-order valence-corrected chi connectivity index (χ4v) is 1.65. The monoisotopic (exact) mass is 223 g/mol. The van der Waals surface area contributed by atoms with Gasteiger partial charge in [-0.2, -0.15) is 0 Å². The number of nitrogens with zero attached hydrogens (tertiary/aromatic N) is 3. The first-order chi connectivity index (χ1) is 7.54. The van der Waals surface area contributed by atoms with Gasteiger partial charge in [0.2, 0.25) is 0 Å². The summed E-state index contributed by atoms with van der Waals surface area (Å²) in [7, 11) is 1.68. The highest BCUT2D eigenvalue weighted by Gasteiger charge is 2.39. The van der Waals surface area contributed by atoms with Crippen molar-refractivity contribution in [2.24, 2.45) is 0 Å². The zero-order valence-corrected chi connectivity index (χ0v) is 9.17. The predicted molar refractivity (Wildman–Crippen MR) is 56.6 cm³/mol. The van der Waals surface area contributed by atoms with Gasteiger partial charge in [0, 0.05) is 7.11 Å². The summed E-state index contributed by atoms with van der Waals surface area (Å²) in [6.07, 6.45) is 2.73. The van der Waals surface area contributed by atoms with Crippen LogP contribution in [0.15, 0.2) is 12.4 Å². The molecule has 6 heteroatoms. The Balaban J connectivity index is 2.05. The third-order valence-electron chi connectivity index (χ3n) is 2.72. The van der Waals surface area contributed by atoms with E-state index in [1.807, 2.05) is 11.8 Å². The van der Waals surface area contributed by atoms with Crippen molar-refractivity contribution in [2.45, 2.75) is 12.5 Å². The van der Waals surface area contributed by atoms with Crippen LogP contribution in [0.2, 0.25) is 0 Å². The molecular weight excluding hydrogens is 210 g/mol. The maximum Gasteiger partial charge on any atom is 0.356 e. The molecule has 86 valence electrons. The van der Waals surface area contributed by atoms with Crippen molar-refractivity contribution in [3.63, 3.8) is 0 Å². The molecule has 1 aliphatic rings. The molecule has 0 unspecified atom stereocenters. The van der Waals surface area contributed by atoms with Gasteiger partial charge in [-0.25, -0.2) is 14.8 Å². The number of ether oxygens (including phenoxy) is 1. The standard InChI is InChI=1S/C10H13N3O3/c1-10(16-2)5-13(6-10)8-4-11-7(3-12-8)9(14)15/h3-4H,5-6H2,1-2H3,(H,14,15). The molecule has 1 fully saturated rings. The van der Waals surface area contributed by atoms with Crippen LogP contribution in [-0.2, 0) is 4.74 Å². The van der Waals surface area contributed by atoms with E-state index in [-0.39, 0.29) is 11.3 Å². The lowest BCUT2D eigenvalue weighted by Crippen LogP contribution is -2.61. The minimum atomic E-state index is -1.07. The fraction of sp³-hybridized carbons (Fsp3) is 0.500. The average Bonchev–Trinajstić information content (AvgIpc) is 2.25. The minimum absolute atomic E-state index is 0.0428. The molecule has 0 spiro atoms. The van der Waals surface area contributed by atoms with Crippen molar-refractivity contribution in [2.75, 3.05) is 25.1 Å². The van der Waals surface area contributed by atoms with E-state index in [2.05, 4.69) is 9.97 Å². The maximum atomic E-state index is 10.6. The van der Waals surface area contributed by atoms with Gasteiger partial charge < -0.3 is 14.7 Å². The van der Waals surface area contributed by atoms with E-state index in [0.29, 0.717) is 5.82 Å². The normalized spacial score (nSPS) is 18.0. The van der Waals surface area contributed by atoms with Crippen LogP contribution in [-0.4, -0.2) is 46.8 Å². The van der Waals surface area contributed by atoms with E-state index < -0.39 is 5.97 Å². The molecule has 2 heterocycles. The molecule has 0 aromatic carbocycles. The SMILES string of the molecule is COC1(C)CN(c2cnc(C(=O)O)cn2)C1. The van der Waals surface area contributed by atoms with Gasteiger partial charge in [-0.05, 0) is 6.92 Å². The van der Waals surface area contributed by atoms with E-state index in [1.165, 1.54) is 12.4 Å². The molecule has 16 heavy (non-hydrogen) atoms. The second-order valence-electron chi connectivity index (χ2n) is 4.08. The van der Waals surface area contributed by atoms with E-state index in [0.717, 1.165) is 13.1 Å². The number of hydrogen-bond acceptors (Lipinski definition) is 5. The van der Waals surface area contributed by atoms with Crippen molar-refractivity contribution >= 4 is 11.8 Å². The topological polar surface area (TPSA) is 75.5 Å². The molecule has 0 atom stereocenters. The van der Waals surface area contributed by atoms with Crippen LogP contribution < -0.4 is 4.90 Å². The average molecular weight is 223 g/mol. The van der Waals surface area contributed by atoms with Crippen LogP contribution in [0.5, 0.6) is 0 Å². The van der Waals surface area contributed by atoms with Crippen molar-refractivity contribution in [3.8, 4) is 0 Å². The van der Waals surface area contributed by atoms with Crippen molar-refractivity contribution in [1.82, 2.24) is 9.97 Å². The van der Waals surface area contributed by atoms with Crippen LogP contribution in [0.3, 0.4) is 0 Å². The highest BCUT2D eigenvalue weighted by molar-refractivity contribution is 5.84. The number of rotatable bonds is 3. The largest absolute Gasteiger partial charge is 0.476 e. The maximum absolute atomic E-state index is 10.6. The van der Waals surface area contributed by atoms with Crippen LogP contribution in [0.4, 0.5) is 5.82 Å². The van der Waals surface area contributed by atoms with Gasteiger partial charge in [-0.1, -0.05) is 0 Å². The smallest absolute Gasteiger partial charge is 0.356 e. The summed E-state index contributed by atoms with van der Waals surface area (Å²) in [6, 6.07) is 0. The minimum Gasteiger partial charge on any atom is -0.476 e. The number of carboxylic acids is 1. The first-order valence-corrected chi connectivity index (χ1v) is 4.89. The van der Waals surface area contributed by atoms with Gasteiger partial charge in [-0.15, -0.1) is 0 Å². The Morgan fingerprint density at radius 1 is 1.50 bits per heavy atom. The lowest BCUT2D eigenvalue weighted by molar-refractivity contribution is -0.0171. The summed E-state index contributed by atoms with van der Waals surface area (Å²) >= 11 is 0. The zero-order valence-electron chi connectivity index (χ0n) is 9.17. The van der Waals surface area contributed by atoms with E-state index in [4.69, 9.17) is 9.84 Å². The molecule has 0 bridgehead atoms. The predicted octanol–water partition coefficient (Wildman–Crippen LogP) is 0.400. The molecule has 6 nitrogen and oxygen atoms in total. The molecule has 0 aliphatic carbocycles. The highest BCUT2D eigenvalue weighted by atomic mass is 16.5. The first kappa shape index (κ1) is 10.8. The molecule has 1 N–H and O–H groups in total. The Morgan fingerprint density at radius 2 is 2.19 bits per heavy atom. The Hall–Kier alpha value is -1.69. The van der Waals surface area contributed by atoms with E-state index in [1.54, 1.807) is 7.11 Å². The van der Waals surface area contributed by atoms with Crippen molar-refractivity contribution < 1.29 is 14.6 Å². The summed E-state index contributed by atoms with van der Waals surface area (Å²) in [5.41, 5.74) is -0.175. The van der Waals surface area contributed by atoms with Crippen LogP contribution >= 0.6 is 0 Å². The zero-order chi connectivity index (χ0) is 11.8. The number of methoxy groups -OCH3 is 1. The number of carbonyl (C=O) groups is 1. The summed E-state index contributed by atoms with van der Waals surface area (Å²) in [5.74, 6) is -0.385. The lowest BCUT2D eigenvalue weighted by atomic mass is 9.97. The number of carboxylic acid groups (broad SMARTS) is 1. The van der Waals surface area contributed by atoms with Crippen LogP contribution in [0.25, 0.3) is 0 Å². The second kappa shape index (κ2) is 3.71. The van der Waals surface area contributed by atoms with Gasteiger partial charge >= 0.3 is 5.97 Å². The van der Waals surface area contributed by atoms with E-state index in [9.17, 15) is 4.79 Å². The van der Waals surface area contributed by atoms with Gasteiger partial charge in [0.05, 0.1) is 31.1 Å². The van der Waals surface area contributed by atoms with Crippen molar-refractivity contribution in [1.29, 1.82) is 0 Å². The molecule has 0 amide bonds. The third-order valence-corrected chi connectivity index (χ3v) is 2.72. The highest BCUT2D eigenvalue weighted by Crippen LogP contribution is 2.27. The number of aromatic nitrogens is 2. The summed E-state index contributed by atoms with van der Waals surface area (Å²) < 4.78 is 5.30. The molecular formula is C10H13N3O3. The molecule has 0 saturated carbocycles. The van der Waals surface area contributed by atoms with Crippen LogP contribution in [0.1, 0.15) is 17.4 Å². The van der Waals surface area contributed by atoms with Gasteiger partial charge in [0.15, 0.2) is 5.69 Å². The fourth-order valence-electron chi connectivity index (χ4n) is 1.65. The number of aromatic carboxylic acids is 1. The Morgan fingerprint density at radius 3 is 2.62 bits per heavy atom. The Bertz CT molecular complexity index is 398. The lowest BCUT2D eigenvalue weighted by Gasteiger charge is -2.47. The molecule has 1 saturated heterocycles. The molecule has 2 rings (SSSR count). The molecule has 1 aromatic heterocycles. The Kier molecular flexibility index (Phi) is 2.51. The van der Waals surface area contributed by atoms with Crippen LogP contribution in [0, 0.1) is 0 Å². The quantitative estimate of drug-likeness (QED) is 0.799. The third kappa shape index (κ3) is 1.83. The van der Waals surface area contributed by atoms with Gasteiger partial charge in [0.25, 0.3) is 0 Å². The van der Waals surface area contributed by atoms with E-state index >= 15 is 0 Å². The molecule has 1 aromatic rings. The van der Waals surface area contributed by atoms with Gasteiger partial charge in [-0.3, -0.25) is 0 Å². The second-order valence-corrected chi connectivity index (χ2v) is 4.08. The first-order valence-electron chi connectivity index (χ1n) is 4.89. The molecule has 0 radical (unpaired) electrons. The molecule has 1 aliphatic heterocycles. The van der Waals surface area contributed by atoms with Crippen molar-refractivity contribution in [3.05, 3.63) is 18.1 Å². The summed E-state index contributed by atoms with van der Waals surface area (Å²) in [6.45, 7) is 3.50. The van der Waals surface area contributed by atoms with Gasteiger partial charge in [0.1, 0.15) is 5.82 Å².